The van der Waals surface area contributed by atoms with Gasteiger partial charge >= 0.3 is 5.97 Å². The smallest absolute Gasteiger partial charge is 0.303 e. The Labute approximate surface area is 116 Å². The number of hydrogen-bond donors (Lipinski definition) is 2. The third kappa shape index (κ3) is 4.82. The normalized spacial score (nSPS) is 10.2. The van der Waals surface area contributed by atoms with Gasteiger partial charge in [0.1, 0.15) is 11.5 Å². The number of nitro benzene ring substituents is 1. The van der Waals surface area contributed by atoms with Gasteiger partial charge in [0.2, 0.25) is 0 Å². The van der Waals surface area contributed by atoms with Gasteiger partial charge in [-0.05, 0) is 34.8 Å². The Morgan fingerprint density at radius 3 is 2.74 bits per heavy atom. The summed E-state index contributed by atoms with van der Waals surface area (Å²) in [6.07, 6.45) is 1.08. The molecule has 1 aromatic rings. The van der Waals surface area contributed by atoms with E-state index in [1.54, 1.807) is 0 Å². The molecule has 0 heterocycles. The van der Waals surface area contributed by atoms with Crippen molar-refractivity contribution < 1.29 is 19.2 Å². The number of unbranched alkanes of at least 4 members (excludes halogenated alkanes) is 1. The molecular formula is C11H12BrFN2O4. The Morgan fingerprint density at radius 1 is 1.47 bits per heavy atom. The Bertz CT molecular complexity index is 496. The Hall–Kier alpha value is -1.70. The van der Waals surface area contributed by atoms with Crippen molar-refractivity contribution in [2.45, 2.75) is 19.3 Å². The lowest BCUT2D eigenvalue weighted by Crippen LogP contribution is -2.06. The van der Waals surface area contributed by atoms with Crippen LogP contribution in [0.2, 0.25) is 0 Å². The monoisotopic (exact) mass is 334 g/mol. The lowest BCUT2D eigenvalue weighted by Gasteiger charge is -2.07. The van der Waals surface area contributed by atoms with Crippen LogP contribution < -0.4 is 5.32 Å². The van der Waals surface area contributed by atoms with Crippen LogP contribution in [0.3, 0.4) is 0 Å². The summed E-state index contributed by atoms with van der Waals surface area (Å²) in [6.45, 7) is 0.381. The molecule has 0 aliphatic rings. The molecule has 104 valence electrons. The largest absolute Gasteiger partial charge is 0.481 e. The SMILES string of the molecule is O=C(O)CCCCNc1cc(Br)c(F)cc1[N+](=O)[O-]. The molecule has 0 aliphatic carbocycles. The van der Waals surface area contributed by atoms with Gasteiger partial charge in [0, 0.05) is 13.0 Å². The Kier molecular flexibility index (Phi) is 5.68. The average Bonchev–Trinajstić information content (AvgIpc) is 2.32. The fourth-order valence-corrected chi connectivity index (χ4v) is 1.80. The number of carbonyl (C=O) groups is 1. The zero-order valence-electron chi connectivity index (χ0n) is 9.86. The number of aliphatic carboxylic acids is 1. The second kappa shape index (κ2) is 7.03. The van der Waals surface area contributed by atoms with Crippen molar-refractivity contribution in [1.29, 1.82) is 0 Å². The number of carboxylic acid groups (broad SMARTS) is 1. The minimum absolute atomic E-state index is 0.0525. The van der Waals surface area contributed by atoms with Crippen LogP contribution in [0, 0.1) is 15.9 Å². The molecule has 0 bridgehead atoms. The third-order valence-electron chi connectivity index (χ3n) is 2.37. The number of anilines is 1. The zero-order chi connectivity index (χ0) is 14.4. The fourth-order valence-electron chi connectivity index (χ4n) is 1.45. The topological polar surface area (TPSA) is 92.5 Å². The number of hydrogen-bond acceptors (Lipinski definition) is 4. The van der Waals surface area contributed by atoms with Crippen LogP contribution in [0.25, 0.3) is 0 Å². The van der Waals surface area contributed by atoms with Gasteiger partial charge in [-0.2, -0.15) is 0 Å². The molecule has 0 radical (unpaired) electrons. The van der Waals surface area contributed by atoms with Crippen LogP contribution in [0.4, 0.5) is 15.8 Å². The molecule has 19 heavy (non-hydrogen) atoms. The highest BCUT2D eigenvalue weighted by Gasteiger charge is 2.17. The zero-order valence-corrected chi connectivity index (χ0v) is 11.4. The first-order valence-corrected chi connectivity index (χ1v) is 6.30. The first-order chi connectivity index (χ1) is 8.91. The van der Waals surface area contributed by atoms with E-state index < -0.39 is 16.7 Å². The summed E-state index contributed by atoms with van der Waals surface area (Å²) in [5.41, 5.74) is -0.146. The molecule has 2 N–H and O–H groups in total. The lowest BCUT2D eigenvalue weighted by atomic mass is 10.2. The molecule has 8 heteroatoms. The summed E-state index contributed by atoms with van der Waals surface area (Å²) in [5.74, 6) is -1.58. The van der Waals surface area contributed by atoms with E-state index in [9.17, 15) is 19.3 Å². The molecule has 1 aromatic carbocycles. The quantitative estimate of drug-likeness (QED) is 0.454. The van der Waals surface area contributed by atoms with Crippen molar-refractivity contribution in [3.8, 4) is 0 Å². The number of nitro groups is 1. The Morgan fingerprint density at radius 2 is 2.16 bits per heavy atom. The highest BCUT2D eigenvalue weighted by Crippen LogP contribution is 2.30. The molecule has 1 rings (SSSR count). The van der Waals surface area contributed by atoms with Crippen LogP contribution in [0.5, 0.6) is 0 Å². The van der Waals surface area contributed by atoms with E-state index in [2.05, 4.69) is 21.2 Å². The maximum Gasteiger partial charge on any atom is 0.303 e. The molecule has 0 unspecified atom stereocenters. The van der Waals surface area contributed by atoms with Crippen molar-refractivity contribution in [3.63, 3.8) is 0 Å². The predicted molar refractivity (Wildman–Crippen MR) is 70.7 cm³/mol. The van der Waals surface area contributed by atoms with Crippen LogP contribution >= 0.6 is 15.9 Å². The minimum Gasteiger partial charge on any atom is -0.481 e. The maximum atomic E-state index is 13.2. The van der Waals surface area contributed by atoms with E-state index in [1.165, 1.54) is 6.07 Å². The molecular weight excluding hydrogens is 323 g/mol. The van der Waals surface area contributed by atoms with Gasteiger partial charge in [0.05, 0.1) is 15.5 Å². The molecule has 0 fully saturated rings. The highest BCUT2D eigenvalue weighted by molar-refractivity contribution is 9.10. The van der Waals surface area contributed by atoms with Crippen molar-refractivity contribution in [2.75, 3.05) is 11.9 Å². The van der Waals surface area contributed by atoms with Gasteiger partial charge in [-0.25, -0.2) is 4.39 Å². The van der Waals surface area contributed by atoms with Crippen molar-refractivity contribution in [1.82, 2.24) is 0 Å². The third-order valence-corrected chi connectivity index (χ3v) is 2.98. The number of halogens is 2. The number of carboxylic acids is 1. The molecule has 0 saturated heterocycles. The summed E-state index contributed by atoms with van der Waals surface area (Å²) >= 11 is 2.96. The van der Waals surface area contributed by atoms with Gasteiger partial charge in [-0.3, -0.25) is 14.9 Å². The van der Waals surface area contributed by atoms with Crippen LogP contribution in [0.15, 0.2) is 16.6 Å². The van der Waals surface area contributed by atoms with E-state index in [-0.39, 0.29) is 22.3 Å². The summed E-state index contributed by atoms with van der Waals surface area (Å²) in [7, 11) is 0. The molecule has 0 amide bonds. The van der Waals surface area contributed by atoms with E-state index in [0.29, 0.717) is 19.4 Å². The minimum atomic E-state index is -0.879. The van der Waals surface area contributed by atoms with Gasteiger partial charge < -0.3 is 10.4 Å². The molecule has 0 atom stereocenters. The van der Waals surface area contributed by atoms with Crippen molar-refractivity contribution in [2.24, 2.45) is 0 Å². The van der Waals surface area contributed by atoms with Gasteiger partial charge in [-0.15, -0.1) is 0 Å². The summed E-state index contributed by atoms with van der Waals surface area (Å²) < 4.78 is 13.3. The molecule has 0 saturated carbocycles. The summed E-state index contributed by atoms with van der Waals surface area (Å²) in [5, 5.41) is 22.0. The van der Waals surface area contributed by atoms with E-state index in [0.717, 1.165) is 6.07 Å². The molecule has 6 nitrogen and oxygen atoms in total. The van der Waals surface area contributed by atoms with E-state index >= 15 is 0 Å². The number of nitrogens with zero attached hydrogens (tertiary/aromatic N) is 1. The molecule has 0 aromatic heterocycles. The molecule has 0 spiro atoms. The van der Waals surface area contributed by atoms with E-state index in [4.69, 9.17) is 5.11 Å². The number of rotatable bonds is 7. The molecule has 0 aliphatic heterocycles. The average molecular weight is 335 g/mol. The standard InChI is InChI=1S/C11H12BrFN2O4/c12-7-5-9(10(15(18)19)6-8(7)13)14-4-2-1-3-11(16)17/h5-6,14H,1-4H2,(H,16,17). The van der Waals surface area contributed by atoms with Crippen LogP contribution in [0.1, 0.15) is 19.3 Å². The number of nitrogens with one attached hydrogen (secondary N) is 1. The van der Waals surface area contributed by atoms with Gasteiger partial charge in [-0.1, -0.05) is 0 Å². The lowest BCUT2D eigenvalue weighted by molar-refractivity contribution is -0.384. The number of benzene rings is 1. The van der Waals surface area contributed by atoms with Crippen molar-refractivity contribution >= 4 is 33.3 Å². The second-order valence-electron chi connectivity index (χ2n) is 3.82. The van der Waals surface area contributed by atoms with Gasteiger partial charge in [0.25, 0.3) is 5.69 Å². The first-order valence-electron chi connectivity index (χ1n) is 5.51. The van der Waals surface area contributed by atoms with Gasteiger partial charge in [0.15, 0.2) is 0 Å². The highest BCUT2D eigenvalue weighted by atomic mass is 79.9. The summed E-state index contributed by atoms with van der Waals surface area (Å²) in [4.78, 5) is 20.4. The fraction of sp³-hybridized carbons (Fsp3) is 0.364. The van der Waals surface area contributed by atoms with Crippen LogP contribution in [-0.4, -0.2) is 22.5 Å². The maximum absolute atomic E-state index is 13.2. The summed E-state index contributed by atoms with van der Waals surface area (Å²) in [6, 6.07) is 2.13. The second-order valence-corrected chi connectivity index (χ2v) is 4.67. The van der Waals surface area contributed by atoms with E-state index in [1.807, 2.05) is 0 Å². The van der Waals surface area contributed by atoms with Crippen LogP contribution in [-0.2, 0) is 4.79 Å². The predicted octanol–water partition coefficient (Wildman–Crippen LogP) is 3.16. The first kappa shape index (κ1) is 15.4. The Balaban J connectivity index is 2.64. The van der Waals surface area contributed by atoms with Crippen molar-refractivity contribution in [3.05, 3.63) is 32.5 Å².